The number of carboxylic acids is 1. The number of hydrogen-bond acceptors (Lipinski definition) is 2. The molecule has 3 rings (SSSR count). The molecule has 1 fully saturated rings. The van der Waals surface area contributed by atoms with Crippen molar-refractivity contribution in [3.05, 3.63) is 65.5 Å². The van der Waals surface area contributed by atoms with Crippen LogP contribution < -0.4 is 4.90 Å². The molecule has 1 unspecified atom stereocenters. The lowest BCUT2D eigenvalue weighted by atomic mass is 10.0. The molecule has 1 aliphatic heterocycles. The molecule has 2 aromatic carbocycles. The molecular formula is C19H20FNO2. The van der Waals surface area contributed by atoms with Gasteiger partial charge in [0.05, 0.1) is 6.42 Å². The molecule has 23 heavy (non-hydrogen) atoms. The van der Waals surface area contributed by atoms with Crippen LogP contribution in [0.1, 0.15) is 30.4 Å². The second kappa shape index (κ2) is 6.82. The number of carbonyl (C=O) groups is 1. The lowest BCUT2D eigenvalue weighted by molar-refractivity contribution is -0.137. The Morgan fingerprint density at radius 3 is 2.65 bits per heavy atom. The fraction of sp³-hybridized carbons (Fsp3) is 0.316. The first-order chi connectivity index (χ1) is 11.1. The van der Waals surface area contributed by atoms with Crippen LogP contribution in [-0.2, 0) is 11.2 Å². The summed E-state index contributed by atoms with van der Waals surface area (Å²) in [5.41, 5.74) is 3.13. The molecule has 2 aromatic rings. The quantitative estimate of drug-likeness (QED) is 0.911. The summed E-state index contributed by atoms with van der Waals surface area (Å²) < 4.78 is 13.2. The van der Waals surface area contributed by atoms with E-state index >= 15 is 0 Å². The van der Waals surface area contributed by atoms with Gasteiger partial charge in [-0.3, -0.25) is 4.79 Å². The van der Waals surface area contributed by atoms with Gasteiger partial charge in [0.25, 0.3) is 0 Å². The third-order valence-corrected chi connectivity index (χ3v) is 4.35. The Bertz CT molecular complexity index is 684. The van der Waals surface area contributed by atoms with Crippen LogP contribution in [0, 0.1) is 5.82 Å². The van der Waals surface area contributed by atoms with Crippen LogP contribution >= 0.6 is 0 Å². The van der Waals surface area contributed by atoms with Gasteiger partial charge in [-0.15, -0.1) is 0 Å². The Labute approximate surface area is 135 Å². The molecule has 0 amide bonds. The number of halogens is 1. The van der Waals surface area contributed by atoms with E-state index in [-0.39, 0.29) is 18.3 Å². The number of aliphatic carboxylic acids is 1. The molecule has 1 aliphatic rings. The average Bonchev–Trinajstić information content (AvgIpc) is 2.95. The molecule has 0 spiro atoms. The topological polar surface area (TPSA) is 40.5 Å². The first kappa shape index (κ1) is 15.5. The van der Waals surface area contributed by atoms with Gasteiger partial charge < -0.3 is 10.0 Å². The first-order valence-corrected chi connectivity index (χ1v) is 7.93. The summed E-state index contributed by atoms with van der Waals surface area (Å²) in [6.45, 7) is 0.904. The Balaban J connectivity index is 1.70. The van der Waals surface area contributed by atoms with Crippen LogP contribution in [0.2, 0.25) is 0 Å². The first-order valence-electron chi connectivity index (χ1n) is 7.93. The van der Waals surface area contributed by atoms with Crippen molar-refractivity contribution >= 4 is 11.7 Å². The van der Waals surface area contributed by atoms with E-state index in [4.69, 9.17) is 5.11 Å². The van der Waals surface area contributed by atoms with E-state index in [1.165, 1.54) is 6.07 Å². The zero-order valence-electron chi connectivity index (χ0n) is 12.9. The Kier molecular flexibility index (Phi) is 4.60. The molecule has 0 saturated carbocycles. The summed E-state index contributed by atoms with van der Waals surface area (Å²) >= 11 is 0. The van der Waals surface area contributed by atoms with Crippen LogP contribution in [0.5, 0.6) is 0 Å². The van der Waals surface area contributed by atoms with E-state index < -0.39 is 5.97 Å². The number of nitrogens with zero attached hydrogens (tertiary/aromatic N) is 1. The second-order valence-electron chi connectivity index (χ2n) is 6.06. The monoisotopic (exact) mass is 313 g/mol. The van der Waals surface area contributed by atoms with Crippen LogP contribution in [-0.4, -0.2) is 23.7 Å². The number of benzene rings is 2. The normalized spacial score (nSPS) is 17.4. The lowest BCUT2D eigenvalue weighted by Crippen LogP contribution is -2.31. The number of rotatable bonds is 5. The minimum absolute atomic E-state index is 0.0848. The van der Waals surface area contributed by atoms with Gasteiger partial charge in [-0.1, -0.05) is 24.3 Å². The molecular weight excluding hydrogens is 293 g/mol. The van der Waals surface area contributed by atoms with Crippen molar-refractivity contribution in [1.82, 2.24) is 0 Å². The molecule has 1 N–H and O–H groups in total. The van der Waals surface area contributed by atoms with Gasteiger partial charge in [0.1, 0.15) is 5.82 Å². The summed E-state index contributed by atoms with van der Waals surface area (Å²) in [5.74, 6) is -0.961. The van der Waals surface area contributed by atoms with Crippen molar-refractivity contribution in [3.8, 4) is 0 Å². The number of hydrogen-bond donors (Lipinski definition) is 1. The van der Waals surface area contributed by atoms with Gasteiger partial charge >= 0.3 is 5.97 Å². The van der Waals surface area contributed by atoms with E-state index in [1.54, 1.807) is 12.1 Å². The molecule has 0 bridgehead atoms. The summed E-state index contributed by atoms with van der Waals surface area (Å²) in [4.78, 5) is 13.1. The molecule has 120 valence electrons. The van der Waals surface area contributed by atoms with Crippen LogP contribution in [0.4, 0.5) is 10.1 Å². The fourth-order valence-corrected chi connectivity index (χ4v) is 3.28. The third-order valence-electron chi connectivity index (χ3n) is 4.35. The van der Waals surface area contributed by atoms with Gasteiger partial charge in [0, 0.05) is 18.3 Å². The van der Waals surface area contributed by atoms with Crippen LogP contribution in [0.3, 0.4) is 0 Å². The van der Waals surface area contributed by atoms with Crippen molar-refractivity contribution in [2.45, 2.75) is 31.7 Å². The van der Waals surface area contributed by atoms with Crippen LogP contribution in [0.25, 0.3) is 0 Å². The largest absolute Gasteiger partial charge is 0.481 e. The predicted molar refractivity (Wildman–Crippen MR) is 88.3 cm³/mol. The highest BCUT2D eigenvalue weighted by atomic mass is 19.1. The van der Waals surface area contributed by atoms with Crippen molar-refractivity contribution in [2.75, 3.05) is 11.4 Å². The molecule has 0 aromatic heterocycles. The van der Waals surface area contributed by atoms with Gasteiger partial charge in [-0.2, -0.15) is 0 Å². The maximum atomic E-state index is 13.2. The minimum Gasteiger partial charge on any atom is -0.481 e. The van der Waals surface area contributed by atoms with E-state index in [1.807, 2.05) is 30.3 Å². The molecule has 1 saturated heterocycles. The van der Waals surface area contributed by atoms with E-state index in [2.05, 4.69) is 4.90 Å². The molecule has 4 heteroatoms. The fourth-order valence-electron chi connectivity index (χ4n) is 3.28. The molecule has 0 radical (unpaired) electrons. The maximum Gasteiger partial charge on any atom is 0.305 e. The number of carboxylic acid groups (broad SMARTS) is 1. The van der Waals surface area contributed by atoms with Crippen molar-refractivity contribution in [3.63, 3.8) is 0 Å². The minimum atomic E-state index is -0.746. The summed E-state index contributed by atoms with van der Waals surface area (Å²) in [6.07, 6.45) is 2.84. The highest BCUT2D eigenvalue weighted by Crippen LogP contribution is 2.28. The van der Waals surface area contributed by atoms with Gasteiger partial charge in [0.2, 0.25) is 0 Å². The number of anilines is 1. The zero-order chi connectivity index (χ0) is 16.2. The van der Waals surface area contributed by atoms with Crippen molar-refractivity contribution in [1.29, 1.82) is 0 Å². The Hall–Kier alpha value is -2.36. The SMILES string of the molecule is O=C(O)CC1CCCN1c1ccc(Cc2cccc(F)c2)cc1. The summed E-state index contributed by atoms with van der Waals surface area (Å²) in [6, 6.07) is 14.9. The molecule has 1 heterocycles. The third kappa shape index (κ3) is 3.89. The summed E-state index contributed by atoms with van der Waals surface area (Å²) in [7, 11) is 0. The Morgan fingerprint density at radius 2 is 1.96 bits per heavy atom. The summed E-state index contributed by atoms with van der Waals surface area (Å²) in [5, 5.41) is 9.01. The highest BCUT2D eigenvalue weighted by molar-refractivity contribution is 5.69. The lowest BCUT2D eigenvalue weighted by Gasteiger charge is -2.26. The van der Waals surface area contributed by atoms with Crippen molar-refractivity contribution in [2.24, 2.45) is 0 Å². The maximum absolute atomic E-state index is 13.2. The Morgan fingerprint density at radius 1 is 1.17 bits per heavy atom. The van der Waals surface area contributed by atoms with Gasteiger partial charge in [0.15, 0.2) is 0 Å². The molecule has 0 aliphatic carbocycles. The van der Waals surface area contributed by atoms with Crippen molar-refractivity contribution < 1.29 is 14.3 Å². The second-order valence-corrected chi connectivity index (χ2v) is 6.06. The van der Waals surface area contributed by atoms with Gasteiger partial charge in [-0.25, -0.2) is 4.39 Å². The molecule has 1 atom stereocenters. The van der Waals surface area contributed by atoms with E-state index in [9.17, 15) is 9.18 Å². The van der Waals surface area contributed by atoms with E-state index in [0.29, 0.717) is 6.42 Å². The smallest absolute Gasteiger partial charge is 0.305 e. The standard InChI is InChI=1S/C19H20FNO2/c20-16-4-1-3-15(12-16)11-14-6-8-17(9-7-14)21-10-2-5-18(21)13-19(22)23/h1,3-4,6-9,12,18H,2,5,10-11,13H2,(H,22,23). The van der Waals surface area contributed by atoms with Gasteiger partial charge in [-0.05, 0) is 54.7 Å². The molecule has 3 nitrogen and oxygen atoms in total. The van der Waals surface area contributed by atoms with Crippen LogP contribution in [0.15, 0.2) is 48.5 Å². The zero-order valence-corrected chi connectivity index (χ0v) is 12.9. The highest BCUT2D eigenvalue weighted by Gasteiger charge is 2.26. The average molecular weight is 313 g/mol. The van der Waals surface area contributed by atoms with E-state index in [0.717, 1.165) is 36.2 Å². The predicted octanol–water partition coefficient (Wildman–Crippen LogP) is 3.86.